The van der Waals surface area contributed by atoms with Crippen LogP contribution in [0.25, 0.3) is 11.4 Å². The molecule has 2 heterocycles. The SMILES string of the molecule is COC1CC(CNC(=O)c2cccc(NCc3nc(-c4ccncc4)n[nH]3)c2)C1. The Kier molecular flexibility index (Phi) is 5.81. The summed E-state index contributed by atoms with van der Waals surface area (Å²) in [5.41, 5.74) is 2.39. The molecule has 0 radical (unpaired) electrons. The van der Waals surface area contributed by atoms with Gasteiger partial charge in [-0.3, -0.25) is 14.9 Å². The van der Waals surface area contributed by atoms with Crippen LogP contribution in [0.15, 0.2) is 48.8 Å². The smallest absolute Gasteiger partial charge is 0.251 e. The van der Waals surface area contributed by atoms with Crippen molar-refractivity contribution in [3.05, 3.63) is 60.2 Å². The molecule has 3 N–H and O–H groups in total. The van der Waals surface area contributed by atoms with Gasteiger partial charge in [-0.05, 0) is 49.1 Å². The number of hydrogen-bond acceptors (Lipinski definition) is 6. The van der Waals surface area contributed by atoms with Gasteiger partial charge in [-0.1, -0.05) is 6.07 Å². The number of aromatic amines is 1. The van der Waals surface area contributed by atoms with Crippen molar-refractivity contribution in [3.63, 3.8) is 0 Å². The maximum absolute atomic E-state index is 12.4. The van der Waals surface area contributed by atoms with E-state index < -0.39 is 0 Å². The van der Waals surface area contributed by atoms with Crippen LogP contribution in [0.3, 0.4) is 0 Å². The monoisotopic (exact) mass is 392 g/mol. The predicted octanol–water partition coefficient (Wildman–Crippen LogP) is 2.63. The Bertz CT molecular complexity index is 953. The van der Waals surface area contributed by atoms with E-state index in [0.29, 0.717) is 42.3 Å². The van der Waals surface area contributed by atoms with E-state index in [1.807, 2.05) is 36.4 Å². The molecule has 0 spiro atoms. The maximum Gasteiger partial charge on any atom is 0.251 e. The summed E-state index contributed by atoms with van der Waals surface area (Å²) in [7, 11) is 1.73. The third-order valence-electron chi connectivity index (χ3n) is 5.13. The number of nitrogens with one attached hydrogen (secondary N) is 3. The topological polar surface area (TPSA) is 105 Å². The van der Waals surface area contributed by atoms with Gasteiger partial charge in [0.25, 0.3) is 5.91 Å². The number of nitrogens with zero attached hydrogens (tertiary/aromatic N) is 3. The normalized spacial score (nSPS) is 18.1. The van der Waals surface area contributed by atoms with Gasteiger partial charge in [-0.2, -0.15) is 5.10 Å². The summed E-state index contributed by atoms with van der Waals surface area (Å²) in [6, 6.07) is 11.2. The third-order valence-corrected chi connectivity index (χ3v) is 5.13. The van der Waals surface area contributed by atoms with Crippen LogP contribution in [0.5, 0.6) is 0 Å². The molecule has 0 saturated heterocycles. The van der Waals surface area contributed by atoms with Crippen molar-refractivity contribution in [1.82, 2.24) is 25.5 Å². The van der Waals surface area contributed by atoms with Crippen LogP contribution >= 0.6 is 0 Å². The number of pyridine rings is 1. The van der Waals surface area contributed by atoms with Crippen molar-refractivity contribution < 1.29 is 9.53 Å². The fourth-order valence-electron chi connectivity index (χ4n) is 3.33. The lowest BCUT2D eigenvalue weighted by molar-refractivity contribution is 0.00179. The Balaban J connectivity index is 1.30. The van der Waals surface area contributed by atoms with Crippen molar-refractivity contribution in [2.24, 2.45) is 5.92 Å². The number of carbonyl (C=O) groups excluding carboxylic acids is 1. The molecule has 8 nitrogen and oxygen atoms in total. The van der Waals surface area contributed by atoms with Gasteiger partial charge in [-0.15, -0.1) is 0 Å². The van der Waals surface area contributed by atoms with Crippen molar-refractivity contribution in [1.29, 1.82) is 0 Å². The lowest BCUT2D eigenvalue weighted by Crippen LogP contribution is -2.39. The molecule has 1 saturated carbocycles. The van der Waals surface area contributed by atoms with E-state index in [2.05, 4.69) is 30.8 Å². The highest BCUT2D eigenvalue weighted by Gasteiger charge is 2.29. The van der Waals surface area contributed by atoms with Crippen molar-refractivity contribution >= 4 is 11.6 Å². The zero-order valence-corrected chi connectivity index (χ0v) is 16.3. The summed E-state index contributed by atoms with van der Waals surface area (Å²) < 4.78 is 5.28. The van der Waals surface area contributed by atoms with Gasteiger partial charge in [-0.25, -0.2) is 4.98 Å². The molecule has 0 aliphatic heterocycles. The molecule has 8 heteroatoms. The average Bonchev–Trinajstić information content (AvgIpc) is 3.21. The van der Waals surface area contributed by atoms with E-state index >= 15 is 0 Å². The molecule has 1 fully saturated rings. The summed E-state index contributed by atoms with van der Waals surface area (Å²) >= 11 is 0. The fourth-order valence-corrected chi connectivity index (χ4v) is 3.33. The Morgan fingerprint density at radius 3 is 2.86 bits per heavy atom. The second-order valence-corrected chi connectivity index (χ2v) is 7.18. The van der Waals surface area contributed by atoms with Gasteiger partial charge in [0, 0.05) is 42.9 Å². The number of hydrogen-bond donors (Lipinski definition) is 3. The number of ether oxygens (including phenoxy) is 1. The van der Waals surface area contributed by atoms with Gasteiger partial charge in [0.2, 0.25) is 0 Å². The molecular weight excluding hydrogens is 368 g/mol. The average molecular weight is 392 g/mol. The molecular formula is C21H24N6O2. The first-order chi connectivity index (χ1) is 14.2. The number of benzene rings is 1. The molecule has 1 amide bonds. The number of amides is 1. The lowest BCUT2D eigenvalue weighted by atomic mass is 9.82. The Labute approximate surface area is 169 Å². The molecule has 3 aromatic rings. The highest BCUT2D eigenvalue weighted by atomic mass is 16.5. The summed E-state index contributed by atoms with van der Waals surface area (Å²) in [5.74, 6) is 1.79. The summed E-state index contributed by atoms with van der Waals surface area (Å²) in [6.07, 6.45) is 5.79. The minimum absolute atomic E-state index is 0.0610. The van der Waals surface area contributed by atoms with E-state index in [1.54, 1.807) is 19.5 Å². The van der Waals surface area contributed by atoms with Crippen molar-refractivity contribution in [2.75, 3.05) is 19.0 Å². The number of aromatic nitrogens is 4. The zero-order valence-electron chi connectivity index (χ0n) is 16.3. The number of rotatable bonds is 8. The molecule has 0 unspecified atom stereocenters. The van der Waals surface area contributed by atoms with Gasteiger partial charge in [0.1, 0.15) is 5.82 Å². The largest absolute Gasteiger partial charge is 0.381 e. The van der Waals surface area contributed by atoms with Crippen LogP contribution in [0.1, 0.15) is 29.0 Å². The van der Waals surface area contributed by atoms with Crippen molar-refractivity contribution in [2.45, 2.75) is 25.5 Å². The van der Waals surface area contributed by atoms with Crippen LogP contribution in [0.2, 0.25) is 0 Å². The molecule has 4 rings (SSSR count). The Morgan fingerprint density at radius 2 is 2.07 bits per heavy atom. The van der Waals surface area contributed by atoms with Crippen LogP contribution in [0, 0.1) is 5.92 Å². The summed E-state index contributed by atoms with van der Waals surface area (Å²) in [5, 5.41) is 13.5. The van der Waals surface area contributed by atoms with E-state index in [9.17, 15) is 4.79 Å². The molecule has 2 aromatic heterocycles. The molecule has 0 bridgehead atoms. The molecule has 29 heavy (non-hydrogen) atoms. The van der Waals surface area contributed by atoms with Gasteiger partial charge in [0.15, 0.2) is 5.82 Å². The second-order valence-electron chi connectivity index (χ2n) is 7.18. The fraction of sp³-hybridized carbons (Fsp3) is 0.333. The zero-order chi connectivity index (χ0) is 20.1. The minimum Gasteiger partial charge on any atom is -0.381 e. The van der Waals surface area contributed by atoms with Crippen molar-refractivity contribution in [3.8, 4) is 11.4 Å². The van der Waals surface area contributed by atoms with Gasteiger partial charge in [0.05, 0.1) is 12.6 Å². The van der Waals surface area contributed by atoms with Gasteiger partial charge < -0.3 is 15.4 Å². The van der Waals surface area contributed by atoms with E-state index in [0.717, 1.165) is 24.1 Å². The number of anilines is 1. The predicted molar refractivity (Wildman–Crippen MR) is 109 cm³/mol. The first kappa shape index (κ1) is 19.1. The first-order valence-corrected chi connectivity index (χ1v) is 9.68. The maximum atomic E-state index is 12.4. The molecule has 0 atom stereocenters. The van der Waals surface area contributed by atoms with E-state index in [1.165, 1.54) is 0 Å². The molecule has 1 aliphatic rings. The highest BCUT2D eigenvalue weighted by Crippen LogP contribution is 2.28. The lowest BCUT2D eigenvalue weighted by Gasteiger charge is -2.34. The highest BCUT2D eigenvalue weighted by molar-refractivity contribution is 5.95. The minimum atomic E-state index is -0.0610. The quantitative estimate of drug-likeness (QED) is 0.544. The van der Waals surface area contributed by atoms with Crippen LogP contribution in [0.4, 0.5) is 5.69 Å². The standard InChI is InChI=1S/C21H24N6O2/c1-29-18-9-14(10-18)12-24-21(28)16-3-2-4-17(11-16)23-13-19-25-20(27-26-19)15-5-7-22-8-6-15/h2-8,11,14,18,23H,9-10,12-13H2,1H3,(H,24,28)(H,25,26,27). The van der Waals surface area contributed by atoms with E-state index in [4.69, 9.17) is 4.74 Å². The third kappa shape index (κ3) is 4.78. The van der Waals surface area contributed by atoms with E-state index in [-0.39, 0.29) is 5.91 Å². The van der Waals surface area contributed by atoms with Gasteiger partial charge >= 0.3 is 0 Å². The number of carbonyl (C=O) groups is 1. The number of H-pyrrole nitrogens is 1. The molecule has 1 aliphatic carbocycles. The summed E-state index contributed by atoms with van der Waals surface area (Å²) in [6.45, 7) is 1.16. The Morgan fingerprint density at radius 1 is 1.24 bits per heavy atom. The molecule has 150 valence electrons. The first-order valence-electron chi connectivity index (χ1n) is 9.68. The Hall–Kier alpha value is -3.26. The number of methoxy groups -OCH3 is 1. The summed E-state index contributed by atoms with van der Waals surface area (Å²) in [4.78, 5) is 20.9. The van der Waals surface area contributed by atoms with Crippen LogP contribution in [-0.2, 0) is 11.3 Å². The molecule has 1 aromatic carbocycles. The van der Waals surface area contributed by atoms with Crippen LogP contribution in [-0.4, -0.2) is 45.8 Å². The second kappa shape index (κ2) is 8.83. The van der Waals surface area contributed by atoms with Crippen LogP contribution < -0.4 is 10.6 Å².